The minimum Gasteiger partial charge on any atom is -0.322 e. The Bertz CT molecular complexity index is 993. The number of anilines is 2. The van der Waals surface area contributed by atoms with Crippen LogP contribution in [-0.2, 0) is 11.0 Å². The van der Waals surface area contributed by atoms with Gasteiger partial charge in [-0.3, -0.25) is 4.79 Å². The molecule has 27 heavy (non-hydrogen) atoms. The van der Waals surface area contributed by atoms with E-state index in [0.717, 1.165) is 0 Å². The van der Waals surface area contributed by atoms with Gasteiger partial charge in [-0.05, 0) is 66.7 Å². The summed E-state index contributed by atoms with van der Waals surface area (Å²) in [6.07, 6.45) is 0. The van der Waals surface area contributed by atoms with E-state index in [9.17, 15) is 9.00 Å². The number of nitrogens with one attached hydrogen (secondary N) is 2. The molecule has 0 saturated carbocycles. The largest absolute Gasteiger partial charge is 0.322 e. The zero-order valence-electron chi connectivity index (χ0n) is 13.7. The predicted molar refractivity (Wildman–Crippen MR) is 112 cm³/mol. The van der Waals surface area contributed by atoms with Gasteiger partial charge in [0.05, 0.1) is 16.1 Å². The van der Waals surface area contributed by atoms with E-state index >= 15 is 0 Å². The van der Waals surface area contributed by atoms with Crippen molar-refractivity contribution in [3.63, 3.8) is 0 Å². The zero-order valence-corrected chi connectivity index (χ0v) is 16.8. The van der Waals surface area contributed by atoms with Crippen LogP contribution in [-0.4, -0.2) is 10.1 Å². The highest BCUT2D eigenvalue weighted by Crippen LogP contribution is 2.24. The fourth-order valence-corrected chi connectivity index (χ4v) is 3.54. The zero-order chi connectivity index (χ0) is 19.4. The van der Waals surface area contributed by atoms with Crippen molar-refractivity contribution in [1.82, 2.24) is 0 Å². The second-order valence-electron chi connectivity index (χ2n) is 5.48. The summed E-state index contributed by atoms with van der Waals surface area (Å²) in [6, 6.07) is 18.0. The molecule has 4 nitrogen and oxygen atoms in total. The van der Waals surface area contributed by atoms with Gasteiger partial charge in [0.1, 0.15) is 11.0 Å². The first-order valence-electron chi connectivity index (χ1n) is 7.73. The maximum atomic E-state index is 12.7. The summed E-state index contributed by atoms with van der Waals surface area (Å²) in [4.78, 5) is 13.2. The van der Waals surface area contributed by atoms with Crippen molar-refractivity contribution in [2.75, 3.05) is 10.0 Å². The summed E-state index contributed by atoms with van der Waals surface area (Å²) in [6.45, 7) is 0. The van der Waals surface area contributed by atoms with E-state index in [1.165, 1.54) is 6.07 Å². The highest BCUT2D eigenvalue weighted by atomic mass is 35.5. The molecule has 3 rings (SSSR count). The van der Waals surface area contributed by atoms with E-state index < -0.39 is 16.9 Å². The quantitative estimate of drug-likeness (QED) is 0.509. The van der Waals surface area contributed by atoms with Crippen LogP contribution in [0.3, 0.4) is 0 Å². The molecule has 0 aliphatic heterocycles. The Kier molecular flexibility index (Phi) is 6.39. The first-order chi connectivity index (χ1) is 12.9. The Morgan fingerprint density at radius 2 is 1.33 bits per heavy atom. The maximum absolute atomic E-state index is 12.7. The van der Waals surface area contributed by atoms with Crippen LogP contribution in [0.15, 0.2) is 71.6 Å². The van der Waals surface area contributed by atoms with E-state index in [4.69, 9.17) is 34.8 Å². The molecule has 0 aliphatic carbocycles. The van der Waals surface area contributed by atoms with Crippen LogP contribution >= 0.6 is 34.8 Å². The van der Waals surface area contributed by atoms with Crippen LogP contribution in [0, 0.1) is 0 Å². The molecule has 2 N–H and O–H groups in total. The SMILES string of the molecule is O=C(Nc1ccc(Cl)cc1)c1cc(Cl)ccc1NS(=O)c1ccc(Cl)cc1. The minimum atomic E-state index is -1.57. The average Bonchev–Trinajstić information content (AvgIpc) is 2.65. The molecular formula is C19H13Cl3N2O2S. The first-order valence-corrected chi connectivity index (χ1v) is 10.0. The number of halogens is 3. The fraction of sp³-hybridized carbons (Fsp3) is 0. The van der Waals surface area contributed by atoms with Gasteiger partial charge >= 0.3 is 0 Å². The molecule has 0 aromatic heterocycles. The van der Waals surface area contributed by atoms with Crippen LogP contribution in [0.4, 0.5) is 11.4 Å². The van der Waals surface area contributed by atoms with Gasteiger partial charge in [0.2, 0.25) is 0 Å². The maximum Gasteiger partial charge on any atom is 0.257 e. The molecule has 0 aliphatic rings. The molecule has 1 unspecified atom stereocenters. The third kappa shape index (κ3) is 5.23. The van der Waals surface area contributed by atoms with Crippen molar-refractivity contribution in [2.45, 2.75) is 4.90 Å². The number of hydrogen-bond donors (Lipinski definition) is 2. The molecule has 3 aromatic carbocycles. The Labute approximate surface area is 174 Å². The number of hydrogen-bond acceptors (Lipinski definition) is 2. The highest BCUT2D eigenvalue weighted by molar-refractivity contribution is 7.86. The first kappa shape index (κ1) is 19.7. The molecule has 0 spiro atoms. The Morgan fingerprint density at radius 1 is 0.778 bits per heavy atom. The van der Waals surface area contributed by atoms with E-state index in [2.05, 4.69) is 10.0 Å². The van der Waals surface area contributed by atoms with E-state index in [1.54, 1.807) is 60.7 Å². The van der Waals surface area contributed by atoms with Gasteiger partial charge in [-0.2, -0.15) is 0 Å². The average molecular weight is 440 g/mol. The number of amides is 1. The second-order valence-corrected chi connectivity index (χ2v) is 8.00. The number of rotatable bonds is 5. The molecule has 3 aromatic rings. The van der Waals surface area contributed by atoms with Crippen LogP contribution in [0.2, 0.25) is 15.1 Å². The molecule has 1 amide bonds. The summed E-state index contributed by atoms with van der Waals surface area (Å²) < 4.78 is 15.4. The Hall–Kier alpha value is -2.05. The molecule has 0 radical (unpaired) electrons. The van der Waals surface area contributed by atoms with Crippen molar-refractivity contribution >= 4 is 63.1 Å². The molecule has 8 heteroatoms. The molecular weight excluding hydrogens is 427 g/mol. The summed E-state index contributed by atoms with van der Waals surface area (Å²) in [5.74, 6) is -0.393. The van der Waals surface area contributed by atoms with E-state index in [1.807, 2.05) is 0 Å². The molecule has 0 fully saturated rings. The smallest absolute Gasteiger partial charge is 0.257 e. The van der Waals surface area contributed by atoms with Gasteiger partial charge in [-0.15, -0.1) is 0 Å². The van der Waals surface area contributed by atoms with Gasteiger partial charge in [-0.1, -0.05) is 34.8 Å². The number of benzene rings is 3. The topological polar surface area (TPSA) is 58.2 Å². The van der Waals surface area contributed by atoms with Gasteiger partial charge in [-0.25, -0.2) is 4.21 Å². The lowest BCUT2D eigenvalue weighted by molar-refractivity contribution is 0.102. The van der Waals surface area contributed by atoms with Crippen LogP contribution in [0.1, 0.15) is 10.4 Å². The molecule has 1 atom stereocenters. The number of carbonyl (C=O) groups is 1. The minimum absolute atomic E-state index is 0.264. The van der Waals surface area contributed by atoms with E-state index in [-0.39, 0.29) is 5.56 Å². The molecule has 138 valence electrons. The van der Waals surface area contributed by atoms with Gasteiger partial charge in [0.15, 0.2) is 0 Å². The second kappa shape index (κ2) is 8.76. The standard InChI is InChI=1S/C19H13Cl3N2O2S/c20-12-1-6-15(7-2-12)23-19(25)17-11-14(22)5-10-18(17)24-27(26)16-8-3-13(21)4-9-16/h1-11,24H,(H,23,25). The fourth-order valence-electron chi connectivity index (χ4n) is 2.24. The highest BCUT2D eigenvalue weighted by Gasteiger charge is 2.15. The van der Waals surface area contributed by atoms with Crippen LogP contribution in [0.5, 0.6) is 0 Å². The van der Waals surface area contributed by atoms with Gasteiger partial charge in [0.25, 0.3) is 5.91 Å². The van der Waals surface area contributed by atoms with Crippen LogP contribution < -0.4 is 10.0 Å². The third-order valence-corrected chi connectivity index (χ3v) is 5.40. The van der Waals surface area contributed by atoms with Crippen molar-refractivity contribution < 1.29 is 9.00 Å². The Balaban J connectivity index is 1.83. The summed E-state index contributed by atoms with van der Waals surface area (Å²) in [5, 5.41) is 4.26. The lowest BCUT2D eigenvalue weighted by atomic mass is 10.1. The predicted octanol–water partition coefficient (Wildman–Crippen LogP) is 6.03. The van der Waals surface area contributed by atoms with Crippen LogP contribution in [0.25, 0.3) is 0 Å². The van der Waals surface area contributed by atoms with Gasteiger partial charge < -0.3 is 10.0 Å². The van der Waals surface area contributed by atoms with E-state index in [0.29, 0.717) is 31.3 Å². The third-order valence-electron chi connectivity index (χ3n) is 3.56. The van der Waals surface area contributed by atoms with Gasteiger partial charge in [0, 0.05) is 20.8 Å². The molecule has 0 bridgehead atoms. The number of carbonyl (C=O) groups excluding carboxylic acids is 1. The van der Waals surface area contributed by atoms with Crippen molar-refractivity contribution in [2.24, 2.45) is 0 Å². The van der Waals surface area contributed by atoms with Crippen molar-refractivity contribution in [1.29, 1.82) is 0 Å². The lowest BCUT2D eigenvalue weighted by Gasteiger charge is -2.13. The summed E-state index contributed by atoms with van der Waals surface area (Å²) in [5.41, 5.74) is 1.23. The molecule has 0 heterocycles. The molecule has 0 saturated heterocycles. The van der Waals surface area contributed by atoms with Crippen molar-refractivity contribution in [3.8, 4) is 0 Å². The normalized spacial score (nSPS) is 11.7. The summed E-state index contributed by atoms with van der Waals surface area (Å²) >= 11 is 17.7. The summed E-state index contributed by atoms with van der Waals surface area (Å²) in [7, 11) is -1.57. The lowest BCUT2D eigenvalue weighted by Crippen LogP contribution is -2.16. The van der Waals surface area contributed by atoms with Crippen molar-refractivity contribution in [3.05, 3.63) is 87.4 Å². The Morgan fingerprint density at radius 3 is 1.96 bits per heavy atom. The monoisotopic (exact) mass is 438 g/mol.